The van der Waals surface area contributed by atoms with Crippen molar-refractivity contribution in [3.05, 3.63) is 12.2 Å². The number of nitrogens with one attached hydrogen (secondary N) is 1. The van der Waals surface area contributed by atoms with Crippen molar-refractivity contribution in [2.24, 2.45) is 0 Å². The van der Waals surface area contributed by atoms with Crippen LogP contribution in [0.3, 0.4) is 0 Å². The Hall–Kier alpha value is -0.870. The van der Waals surface area contributed by atoms with E-state index in [1.165, 1.54) is 0 Å². The minimum absolute atomic E-state index is 0.0446. The van der Waals surface area contributed by atoms with Gasteiger partial charge < -0.3 is 15.3 Å². The number of carbonyl (C=O) groups is 1. The highest BCUT2D eigenvalue weighted by atomic mass is 16.3. The van der Waals surface area contributed by atoms with Crippen LogP contribution >= 0.6 is 0 Å². The third-order valence-electron chi connectivity index (χ3n) is 1.69. The molecule has 0 saturated heterocycles. The Bertz CT molecular complexity index is 191. The van der Waals surface area contributed by atoms with Gasteiger partial charge in [-0.15, -0.1) is 0 Å². The maximum Gasteiger partial charge on any atom is 0.246 e. The highest BCUT2D eigenvalue weighted by Gasteiger charge is 1.96. The van der Waals surface area contributed by atoms with Crippen molar-refractivity contribution in [3.63, 3.8) is 0 Å². The predicted molar refractivity (Wildman–Crippen MR) is 68.4 cm³/mol. The fraction of sp³-hybridized carbons (Fsp3) is 0.750. The quantitative estimate of drug-likeness (QED) is 0.670. The van der Waals surface area contributed by atoms with E-state index in [1.807, 2.05) is 21.0 Å². The van der Waals surface area contributed by atoms with E-state index in [9.17, 15) is 4.79 Å². The van der Waals surface area contributed by atoms with Gasteiger partial charge in [-0.1, -0.05) is 13.5 Å². The monoisotopic (exact) mass is 230 g/mol. The summed E-state index contributed by atoms with van der Waals surface area (Å²) in [4.78, 5) is 12.7. The highest BCUT2D eigenvalue weighted by Crippen LogP contribution is 1.84. The van der Waals surface area contributed by atoms with Gasteiger partial charge in [-0.05, 0) is 40.4 Å². The lowest BCUT2D eigenvalue weighted by Crippen LogP contribution is -2.24. The lowest BCUT2D eigenvalue weighted by atomic mass is 10.3. The molecule has 0 spiro atoms. The molecule has 0 aromatic rings. The summed E-state index contributed by atoms with van der Waals surface area (Å²) >= 11 is 0. The minimum Gasteiger partial charge on any atom is -0.396 e. The summed E-state index contributed by atoms with van der Waals surface area (Å²) in [5.74, 6) is -0.0446. The molecule has 0 heterocycles. The van der Waals surface area contributed by atoms with Crippen LogP contribution in [0.15, 0.2) is 12.2 Å². The zero-order chi connectivity index (χ0) is 13.0. The molecular weight excluding hydrogens is 204 g/mol. The molecule has 2 N–H and O–H groups in total. The van der Waals surface area contributed by atoms with E-state index in [2.05, 4.69) is 16.8 Å². The highest BCUT2D eigenvalue weighted by molar-refractivity contribution is 5.91. The molecule has 1 amide bonds. The third kappa shape index (κ3) is 15.6. The largest absolute Gasteiger partial charge is 0.396 e. The number of hydrogen-bond donors (Lipinski definition) is 2. The summed E-state index contributed by atoms with van der Waals surface area (Å²) in [5, 5.41) is 11.0. The van der Waals surface area contributed by atoms with Gasteiger partial charge in [-0.2, -0.15) is 0 Å². The second-order valence-electron chi connectivity index (χ2n) is 3.92. The molecule has 0 aromatic heterocycles. The molecule has 0 aliphatic heterocycles. The van der Waals surface area contributed by atoms with Gasteiger partial charge in [0.15, 0.2) is 0 Å². The van der Waals surface area contributed by atoms with E-state index >= 15 is 0 Å². The number of amides is 1. The number of nitrogens with zero attached hydrogens (tertiary/aromatic N) is 1. The predicted octanol–water partition coefficient (Wildman–Crippen LogP) is 1.02. The number of aliphatic hydroxyl groups is 1. The van der Waals surface area contributed by atoms with Crippen LogP contribution in [0, 0.1) is 0 Å². The molecule has 0 rings (SSSR count). The number of carbonyl (C=O) groups excluding carboxylic acids is 1. The maximum atomic E-state index is 10.7. The Kier molecular flexibility index (Phi) is 13.4. The zero-order valence-electron chi connectivity index (χ0n) is 11.0. The first-order chi connectivity index (χ1) is 7.45. The van der Waals surface area contributed by atoms with Gasteiger partial charge >= 0.3 is 0 Å². The second-order valence-corrected chi connectivity index (χ2v) is 3.92. The first-order valence-corrected chi connectivity index (χ1v) is 5.65. The smallest absolute Gasteiger partial charge is 0.246 e. The van der Waals surface area contributed by atoms with Crippen LogP contribution in [0.5, 0.6) is 0 Å². The van der Waals surface area contributed by atoms with Gasteiger partial charge in [0.25, 0.3) is 0 Å². The molecule has 0 bridgehead atoms. The van der Waals surface area contributed by atoms with E-state index < -0.39 is 0 Å². The average Bonchev–Trinajstić information content (AvgIpc) is 2.23. The Balaban J connectivity index is 0. The summed E-state index contributed by atoms with van der Waals surface area (Å²) in [6.07, 6.45) is 1.85. The number of aliphatic hydroxyl groups excluding tert-OH is 1. The lowest BCUT2D eigenvalue weighted by Gasteiger charge is -2.05. The minimum atomic E-state index is -0.0446. The molecule has 0 unspecified atom stereocenters. The van der Waals surface area contributed by atoms with Crippen LogP contribution in [-0.2, 0) is 4.79 Å². The molecule has 0 aliphatic carbocycles. The molecule has 16 heavy (non-hydrogen) atoms. The molecule has 0 aromatic carbocycles. The fourth-order valence-corrected chi connectivity index (χ4v) is 0.776. The average molecular weight is 230 g/mol. The molecule has 0 fully saturated rings. The zero-order valence-corrected chi connectivity index (χ0v) is 11.0. The van der Waals surface area contributed by atoms with E-state index in [-0.39, 0.29) is 5.91 Å². The topological polar surface area (TPSA) is 52.6 Å². The molecule has 4 heteroatoms. The van der Waals surface area contributed by atoms with Gasteiger partial charge in [0.05, 0.1) is 0 Å². The standard InChI is InChI=1S/C7H13NO.C5H13NO/c1-4-5-8-7(9)6(2)3;1-6(2)4-3-5-7/h2,4-5H2,1,3H3,(H,8,9);7H,3-5H2,1-2H3. The van der Waals surface area contributed by atoms with Crippen LogP contribution in [-0.4, -0.2) is 49.7 Å². The SMILES string of the molecule is C=C(C)C(=O)NCCC.CN(C)CCCO. The summed E-state index contributed by atoms with van der Waals surface area (Å²) in [5.41, 5.74) is 0.573. The molecule has 0 atom stereocenters. The summed E-state index contributed by atoms with van der Waals surface area (Å²) in [6.45, 7) is 9.24. The first-order valence-electron chi connectivity index (χ1n) is 5.65. The molecule has 0 radical (unpaired) electrons. The fourth-order valence-electron chi connectivity index (χ4n) is 0.776. The van der Waals surface area contributed by atoms with Crippen molar-refractivity contribution in [2.45, 2.75) is 26.7 Å². The van der Waals surface area contributed by atoms with Gasteiger partial charge in [0.2, 0.25) is 5.91 Å². The Morgan fingerprint density at radius 3 is 2.25 bits per heavy atom. The van der Waals surface area contributed by atoms with Crippen molar-refractivity contribution in [1.29, 1.82) is 0 Å². The van der Waals surface area contributed by atoms with Gasteiger partial charge in [-0.25, -0.2) is 0 Å². The van der Waals surface area contributed by atoms with Gasteiger partial charge in [0.1, 0.15) is 0 Å². The van der Waals surface area contributed by atoms with E-state index in [0.29, 0.717) is 12.2 Å². The normalized spacial score (nSPS) is 9.38. The van der Waals surface area contributed by atoms with Crippen LogP contribution in [0.1, 0.15) is 26.7 Å². The van der Waals surface area contributed by atoms with Crippen LogP contribution in [0.25, 0.3) is 0 Å². The number of rotatable bonds is 6. The Morgan fingerprint density at radius 2 is 2.00 bits per heavy atom. The molecule has 4 nitrogen and oxygen atoms in total. The molecular formula is C12H26N2O2. The van der Waals surface area contributed by atoms with Crippen LogP contribution < -0.4 is 5.32 Å². The summed E-state index contributed by atoms with van der Waals surface area (Å²) in [7, 11) is 3.99. The summed E-state index contributed by atoms with van der Waals surface area (Å²) < 4.78 is 0. The Morgan fingerprint density at radius 1 is 1.44 bits per heavy atom. The van der Waals surface area contributed by atoms with Crippen LogP contribution in [0.2, 0.25) is 0 Å². The molecule has 96 valence electrons. The third-order valence-corrected chi connectivity index (χ3v) is 1.69. The van der Waals surface area contributed by atoms with Crippen molar-refractivity contribution >= 4 is 5.91 Å². The lowest BCUT2D eigenvalue weighted by molar-refractivity contribution is -0.117. The first kappa shape index (κ1) is 17.5. The van der Waals surface area contributed by atoms with Crippen molar-refractivity contribution in [2.75, 3.05) is 33.8 Å². The van der Waals surface area contributed by atoms with Gasteiger partial charge in [0, 0.05) is 18.7 Å². The van der Waals surface area contributed by atoms with E-state index in [4.69, 9.17) is 5.11 Å². The van der Waals surface area contributed by atoms with E-state index in [0.717, 1.165) is 25.9 Å². The van der Waals surface area contributed by atoms with Crippen LogP contribution in [0.4, 0.5) is 0 Å². The second kappa shape index (κ2) is 12.2. The number of hydrogen-bond acceptors (Lipinski definition) is 3. The van der Waals surface area contributed by atoms with Crippen molar-refractivity contribution in [1.82, 2.24) is 10.2 Å². The molecule has 0 saturated carbocycles. The Labute approximate surface area is 99.3 Å². The molecule has 0 aliphatic rings. The maximum absolute atomic E-state index is 10.7. The summed E-state index contributed by atoms with van der Waals surface area (Å²) in [6, 6.07) is 0. The van der Waals surface area contributed by atoms with Crippen molar-refractivity contribution < 1.29 is 9.90 Å². The van der Waals surface area contributed by atoms with E-state index in [1.54, 1.807) is 6.92 Å². The van der Waals surface area contributed by atoms with Gasteiger partial charge in [-0.3, -0.25) is 4.79 Å². The van der Waals surface area contributed by atoms with Crippen molar-refractivity contribution in [3.8, 4) is 0 Å².